The molecule has 0 aliphatic rings. The largest absolute Gasteiger partial charge is 0.449 e. The fourth-order valence-electron chi connectivity index (χ4n) is 1.90. The molecular formula is C19H15FN2O3. The van der Waals surface area contributed by atoms with Crippen molar-refractivity contribution in [1.29, 1.82) is 5.26 Å². The minimum absolute atomic E-state index is 0.0172. The molecule has 0 radical (unpaired) electrons. The highest BCUT2D eigenvalue weighted by molar-refractivity contribution is 5.96. The number of nitriles is 1. The van der Waals surface area contributed by atoms with E-state index in [0.717, 1.165) is 0 Å². The number of rotatable bonds is 5. The molecule has 2 aromatic rings. The lowest BCUT2D eigenvalue weighted by molar-refractivity contribution is -0.148. The van der Waals surface area contributed by atoms with Crippen molar-refractivity contribution in [1.82, 2.24) is 0 Å². The molecule has 0 bridgehead atoms. The van der Waals surface area contributed by atoms with E-state index in [1.54, 1.807) is 30.3 Å². The summed E-state index contributed by atoms with van der Waals surface area (Å²) in [5.41, 5.74) is 1.24. The van der Waals surface area contributed by atoms with E-state index in [9.17, 15) is 14.0 Å². The number of benzene rings is 2. The van der Waals surface area contributed by atoms with E-state index in [2.05, 4.69) is 5.32 Å². The number of carbonyl (C=O) groups excluding carboxylic acids is 2. The van der Waals surface area contributed by atoms with Gasteiger partial charge in [0.25, 0.3) is 5.91 Å². The van der Waals surface area contributed by atoms with Crippen molar-refractivity contribution in [3.8, 4) is 6.07 Å². The second-order valence-electron chi connectivity index (χ2n) is 5.12. The third-order valence-corrected chi connectivity index (χ3v) is 3.25. The van der Waals surface area contributed by atoms with Crippen LogP contribution < -0.4 is 5.32 Å². The number of nitrogens with one attached hydrogen (secondary N) is 1. The van der Waals surface area contributed by atoms with E-state index in [1.807, 2.05) is 6.07 Å². The van der Waals surface area contributed by atoms with Gasteiger partial charge in [-0.25, -0.2) is 9.18 Å². The van der Waals surface area contributed by atoms with Gasteiger partial charge in [0.05, 0.1) is 17.3 Å². The van der Waals surface area contributed by atoms with Gasteiger partial charge in [-0.15, -0.1) is 0 Å². The SMILES string of the molecule is C[C@H](OC(=O)/C=C/c1ccc(C#N)cc1)C(=O)Nc1ccccc1F. The Morgan fingerprint density at radius 2 is 1.88 bits per heavy atom. The van der Waals surface area contributed by atoms with Crippen molar-refractivity contribution >= 4 is 23.6 Å². The van der Waals surface area contributed by atoms with Crippen LogP contribution in [0.3, 0.4) is 0 Å². The van der Waals surface area contributed by atoms with E-state index < -0.39 is 23.8 Å². The molecule has 0 saturated heterocycles. The standard InChI is InChI=1S/C19H15FN2O3/c1-13(19(24)22-17-5-3-2-4-16(17)20)25-18(23)11-10-14-6-8-15(12-21)9-7-14/h2-11,13H,1H3,(H,22,24)/b11-10+/t13-/m0/s1. The Kier molecular flexibility index (Phi) is 6.02. The molecule has 0 saturated carbocycles. The Hall–Kier alpha value is -3.46. The van der Waals surface area contributed by atoms with Crippen molar-refractivity contribution in [2.75, 3.05) is 5.32 Å². The molecule has 25 heavy (non-hydrogen) atoms. The normalized spacial score (nSPS) is 11.6. The smallest absolute Gasteiger partial charge is 0.331 e. The first-order valence-electron chi connectivity index (χ1n) is 7.44. The number of para-hydroxylation sites is 1. The number of anilines is 1. The summed E-state index contributed by atoms with van der Waals surface area (Å²) in [6, 6.07) is 14.3. The lowest BCUT2D eigenvalue weighted by atomic mass is 10.1. The maximum absolute atomic E-state index is 13.5. The number of esters is 1. The van der Waals surface area contributed by atoms with E-state index in [4.69, 9.17) is 10.00 Å². The highest BCUT2D eigenvalue weighted by Gasteiger charge is 2.17. The van der Waals surface area contributed by atoms with Crippen LogP contribution >= 0.6 is 0 Å². The molecular weight excluding hydrogens is 323 g/mol. The van der Waals surface area contributed by atoms with Gasteiger partial charge >= 0.3 is 5.97 Å². The topological polar surface area (TPSA) is 79.2 Å². The molecule has 2 rings (SSSR count). The molecule has 2 aromatic carbocycles. The Bertz CT molecular complexity index is 838. The van der Waals surface area contributed by atoms with Crippen LogP contribution in [-0.2, 0) is 14.3 Å². The highest BCUT2D eigenvalue weighted by Crippen LogP contribution is 2.13. The summed E-state index contributed by atoms with van der Waals surface area (Å²) in [6.07, 6.45) is 1.59. The summed E-state index contributed by atoms with van der Waals surface area (Å²) >= 11 is 0. The molecule has 1 N–H and O–H groups in total. The number of hydrogen-bond donors (Lipinski definition) is 1. The molecule has 0 unspecified atom stereocenters. The summed E-state index contributed by atoms with van der Waals surface area (Å²) in [4.78, 5) is 23.7. The first-order valence-corrected chi connectivity index (χ1v) is 7.44. The number of hydrogen-bond acceptors (Lipinski definition) is 4. The zero-order valence-electron chi connectivity index (χ0n) is 13.4. The second kappa shape index (κ2) is 8.41. The summed E-state index contributed by atoms with van der Waals surface area (Å²) < 4.78 is 18.5. The molecule has 6 heteroatoms. The van der Waals surface area contributed by atoms with Crippen LogP contribution in [0, 0.1) is 17.1 Å². The van der Waals surface area contributed by atoms with Gasteiger partial charge in [-0.2, -0.15) is 5.26 Å². The van der Waals surface area contributed by atoms with Gasteiger partial charge in [-0.05, 0) is 42.8 Å². The number of amides is 1. The van der Waals surface area contributed by atoms with E-state index in [0.29, 0.717) is 11.1 Å². The zero-order valence-corrected chi connectivity index (χ0v) is 13.4. The number of carbonyl (C=O) groups is 2. The van der Waals surface area contributed by atoms with E-state index in [1.165, 1.54) is 37.3 Å². The van der Waals surface area contributed by atoms with Gasteiger partial charge in [-0.3, -0.25) is 4.79 Å². The summed E-state index contributed by atoms with van der Waals surface area (Å²) in [5.74, 6) is -1.92. The minimum atomic E-state index is -1.09. The van der Waals surface area contributed by atoms with Crippen molar-refractivity contribution in [2.45, 2.75) is 13.0 Å². The zero-order chi connectivity index (χ0) is 18.2. The molecule has 0 aliphatic carbocycles. The van der Waals surface area contributed by atoms with Crippen molar-refractivity contribution in [3.05, 3.63) is 71.6 Å². The number of ether oxygens (including phenoxy) is 1. The first kappa shape index (κ1) is 17.9. The van der Waals surface area contributed by atoms with Crippen LogP contribution in [0.5, 0.6) is 0 Å². The lowest BCUT2D eigenvalue weighted by Gasteiger charge is -2.12. The highest BCUT2D eigenvalue weighted by atomic mass is 19.1. The molecule has 1 amide bonds. The summed E-state index contributed by atoms with van der Waals surface area (Å²) in [7, 11) is 0. The molecule has 126 valence electrons. The van der Waals surface area contributed by atoms with Crippen LogP contribution in [0.1, 0.15) is 18.1 Å². The summed E-state index contributed by atoms with van der Waals surface area (Å²) in [5, 5.41) is 11.1. The fourth-order valence-corrected chi connectivity index (χ4v) is 1.90. The predicted molar refractivity (Wildman–Crippen MR) is 90.8 cm³/mol. The van der Waals surface area contributed by atoms with Gasteiger partial charge in [0, 0.05) is 6.08 Å². The van der Waals surface area contributed by atoms with Crippen LogP contribution in [0.4, 0.5) is 10.1 Å². The lowest BCUT2D eigenvalue weighted by Crippen LogP contribution is -2.29. The van der Waals surface area contributed by atoms with Crippen LogP contribution in [0.15, 0.2) is 54.6 Å². The Labute approximate surface area is 144 Å². The van der Waals surface area contributed by atoms with Gasteiger partial charge in [-0.1, -0.05) is 24.3 Å². The van der Waals surface area contributed by atoms with Gasteiger partial charge in [0.15, 0.2) is 6.10 Å². The quantitative estimate of drug-likeness (QED) is 0.670. The number of halogens is 1. The molecule has 0 heterocycles. The van der Waals surface area contributed by atoms with Gasteiger partial charge in [0.2, 0.25) is 0 Å². The Balaban J connectivity index is 1.90. The third-order valence-electron chi connectivity index (χ3n) is 3.25. The van der Waals surface area contributed by atoms with Crippen molar-refractivity contribution in [3.63, 3.8) is 0 Å². The van der Waals surface area contributed by atoms with Crippen molar-refractivity contribution in [2.24, 2.45) is 0 Å². The predicted octanol–water partition coefficient (Wildman–Crippen LogP) is 3.28. The number of nitrogens with zero attached hydrogens (tertiary/aromatic N) is 1. The maximum atomic E-state index is 13.5. The molecule has 5 nitrogen and oxygen atoms in total. The van der Waals surface area contributed by atoms with Gasteiger partial charge in [0.1, 0.15) is 5.82 Å². The van der Waals surface area contributed by atoms with Gasteiger partial charge < -0.3 is 10.1 Å². The average molecular weight is 338 g/mol. The third kappa shape index (κ3) is 5.29. The Morgan fingerprint density at radius 1 is 1.20 bits per heavy atom. The first-order chi connectivity index (χ1) is 12.0. The van der Waals surface area contributed by atoms with E-state index >= 15 is 0 Å². The minimum Gasteiger partial charge on any atom is -0.449 e. The van der Waals surface area contributed by atoms with Crippen LogP contribution in [0.2, 0.25) is 0 Å². The van der Waals surface area contributed by atoms with E-state index in [-0.39, 0.29) is 5.69 Å². The second-order valence-corrected chi connectivity index (χ2v) is 5.12. The fraction of sp³-hybridized carbons (Fsp3) is 0.105. The Morgan fingerprint density at radius 3 is 2.52 bits per heavy atom. The van der Waals surface area contributed by atoms with Crippen LogP contribution in [-0.4, -0.2) is 18.0 Å². The average Bonchev–Trinajstić information content (AvgIpc) is 2.62. The molecule has 1 atom stereocenters. The maximum Gasteiger partial charge on any atom is 0.331 e. The van der Waals surface area contributed by atoms with Crippen LogP contribution in [0.25, 0.3) is 6.08 Å². The van der Waals surface area contributed by atoms with Crippen molar-refractivity contribution < 1.29 is 18.7 Å². The molecule has 0 spiro atoms. The monoisotopic (exact) mass is 338 g/mol. The molecule has 0 fully saturated rings. The molecule has 0 aliphatic heterocycles. The summed E-state index contributed by atoms with van der Waals surface area (Å²) in [6.45, 7) is 1.39. The molecule has 0 aromatic heterocycles.